The molecule has 2 aromatic carbocycles. The third kappa shape index (κ3) is 7.11. The molecule has 8 heteroatoms. The Balaban J connectivity index is 0.000000357. The molecule has 1 aliphatic carbocycles. The van der Waals surface area contributed by atoms with E-state index in [0.717, 1.165) is 11.6 Å². The summed E-state index contributed by atoms with van der Waals surface area (Å²) >= 11 is 1.75. The van der Waals surface area contributed by atoms with E-state index in [9.17, 15) is 22.0 Å². The maximum absolute atomic E-state index is 13.6. The monoisotopic (exact) mass is 456 g/mol. The van der Waals surface area contributed by atoms with Crippen LogP contribution in [0, 0.1) is 29.1 Å². The van der Waals surface area contributed by atoms with Crippen molar-refractivity contribution in [1.29, 1.82) is 0 Å². The zero-order valence-corrected chi connectivity index (χ0v) is 18.0. The second-order valence-electron chi connectivity index (χ2n) is 7.18. The van der Waals surface area contributed by atoms with E-state index < -0.39 is 41.1 Å². The maximum atomic E-state index is 13.6. The quantitative estimate of drug-likeness (QED) is 0.177. The zero-order chi connectivity index (χ0) is 23.0. The van der Waals surface area contributed by atoms with Crippen molar-refractivity contribution < 1.29 is 22.0 Å². The van der Waals surface area contributed by atoms with E-state index in [2.05, 4.69) is 17.6 Å². The highest BCUT2D eigenvalue weighted by Gasteiger charge is 2.25. The second kappa shape index (κ2) is 11.9. The van der Waals surface area contributed by atoms with Crippen LogP contribution in [-0.4, -0.2) is 12.3 Å². The third-order valence-electron chi connectivity index (χ3n) is 4.79. The summed E-state index contributed by atoms with van der Waals surface area (Å²) < 4.78 is 69.9. The normalized spacial score (nSPS) is 14.0. The molecule has 0 aliphatic heterocycles. The number of hydrogen-bond donors (Lipinski definition) is 2. The molecule has 31 heavy (non-hydrogen) atoms. The number of rotatable bonds is 6. The van der Waals surface area contributed by atoms with Gasteiger partial charge in [0.05, 0.1) is 0 Å². The topological polar surface area (TPSA) is 38.0 Å². The Hall–Kier alpha value is -2.32. The molecule has 0 saturated heterocycles. The van der Waals surface area contributed by atoms with Gasteiger partial charge >= 0.3 is 0 Å². The van der Waals surface area contributed by atoms with Gasteiger partial charge in [0.15, 0.2) is 23.3 Å². The predicted octanol–water partition coefficient (Wildman–Crippen LogP) is 6.26. The molecule has 0 unspecified atom stereocenters. The van der Waals surface area contributed by atoms with Crippen LogP contribution in [0.25, 0.3) is 6.08 Å². The predicted molar refractivity (Wildman–Crippen MR) is 117 cm³/mol. The molecule has 0 spiro atoms. The molecule has 2 nitrogen and oxygen atoms in total. The molecule has 3 N–H and O–H groups in total. The summed E-state index contributed by atoms with van der Waals surface area (Å²) in [6, 6.07) is 7.13. The van der Waals surface area contributed by atoms with Gasteiger partial charge in [-0.3, -0.25) is 4.72 Å². The van der Waals surface area contributed by atoms with E-state index >= 15 is 0 Å². The fourth-order valence-electron chi connectivity index (χ4n) is 3.17. The molecule has 168 valence electrons. The summed E-state index contributed by atoms with van der Waals surface area (Å²) in [5.41, 5.74) is 6.02. The first-order chi connectivity index (χ1) is 14.7. The van der Waals surface area contributed by atoms with Gasteiger partial charge in [0, 0.05) is 23.7 Å². The van der Waals surface area contributed by atoms with Crippen LogP contribution in [0.3, 0.4) is 0 Å². The Morgan fingerprint density at radius 3 is 2.00 bits per heavy atom. The Kier molecular flexibility index (Phi) is 9.58. The van der Waals surface area contributed by atoms with Crippen LogP contribution in [-0.2, 0) is 6.42 Å². The minimum absolute atomic E-state index is 0.357. The zero-order valence-electron chi connectivity index (χ0n) is 17.2. The molecule has 0 atom stereocenters. The Bertz CT molecular complexity index is 894. The number of benzene rings is 2. The summed E-state index contributed by atoms with van der Waals surface area (Å²) in [6.07, 6.45) is 10.6. The van der Waals surface area contributed by atoms with Gasteiger partial charge in [-0.1, -0.05) is 61.7 Å². The standard InChI is InChI=1S/C17H12F5N.C6H13NS/c1-9(23)2-3-10-4-6-11(7-5-10)8-12-13(18)15(20)17(22)16(21)14(12)19;1-8-7-6-4-2-3-5-6/h2-7H,1,8,23H2;6-7H,2-5H2,1H3/b3-2+;. The Labute approximate surface area is 183 Å². The van der Waals surface area contributed by atoms with Crippen molar-refractivity contribution in [1.82, 2.24) is 4.72 Å². The SMILES string of the molecule is C=C(N)/C=C/c1ccc(Cc2c(F)c(F)c(F)c(F)c2F)cc1.CSNC1CCCC1. The van der Waals surface area contributed by atoms with Crippen LogP contribution < -0.4 is 10.5 Å². The number of nitrogens with two attached hydrogens (primary N) is 1. The fourth-order valence-corrected chi connectivity index (χ4v) is 3.74. The third-order valence-corrected chi connectivity index (χ3v) is 5.36. The van der Waals surface area contributed by atoms with Gasteiger partial charge < -0.3 is 5.73 Å². The van der Waals surface area contributed by atoms with E-state index in [1.165, 1.54) is 37.8 Å². The molecule has 1 saturated carbocycles. The summed E-state index contributed by atoms with van der Waals surface area (Å²) in [4.78, 5) is 0. The highest BCUT2D eigenvalue weighted by molar-refractivity contribution is 7.96. The molecule has 0 bridgehead atoms. The molecule has 0 amide bonds. The highest BCUT2D eigenvalue weighted by Crippen LogP contribution is 2.25. The fraction of sp³-hybridized carbons (Fsp3) is 0.304. The van der Waals surface area contributed by atoms with Crippen LogP contribution in [0.5, 0.6) is 0 Å². The maximum Gasteiger partial charge on any atom is 0.200 e. The molecular formula is C23H25F5N2S. The molecule has 0 heterocycles. The van der Waals surface area contributed by atoms with Gasteiger partial charge in [-0.2, -0.15) is 0 Å². The molecule has 3 rings (SSSR count). The van der Waals surface area contributed by atoms with E-state index in [1.54, 1.807) is 36.2 Å². The van der Waals surface area contributed by atoms with Crippen molar-refractivity contribution >= 4 is 18.0 Å². The lowest BCUT2D eigenvalue weighted by atomic mass is 10.0. The van der Waals surface area contributed by atoms with Crippen LogP contribution in [0.4, 0.5) is 22.0 Å². The first kappa shape index (κ1) is 24.9. The number of halogens is 5. The van der Waals surface area contributed by atoms with Gasteiger partial charge in [-0.05, 0) is 36.3 Å². The van der Waals surface area contributed by atoms with Crippen LogP contribution in [0.1, 0.15) is 42.4 Å². The van der Waals surface area contributed by atoms with Crippen LogP contribution >= 0.6 is 11.9 Å². The van der Waals surface area contributed by atoms with E-state index in [0.29, 0.717) is 11.3 Å². The Morgan fingerprint density at radius 1 is 1.00 bits per heavy atom. The van der Waals surface area contributed by atoms with Gasteiger partial charge in [0.2, 0.25) is 5.82 Å². The van der Waals surface area contributed by atoms with Gasteiger partial charge in [-0.25, -0.2) is 22.0 Å². The number of nitrogens with one attached hydrogen (secondary N) is 1. The molecule has 0 aromatic heterocycles. The lowest BCUT2D eigenvalue weighted by molar-refractivity contribution is 0.371. The molecule has 1 fully saturated rings. The van der Waals surface area contributed by atoms with Crippen molar-refractivity contribution in [3.63, 3.8) is 0 Å². The van der Waals surface area contributed by atoms with Gasteiger partial charge in [0.25, 0.3) is 0 Å². The van der Waals surface area contributed by atoms with E-state index in [4.69, 9.17) is 5.73 Å². The van der Waals surface area contributed by atoms with Crippen molar-refractivity contribution in [2.24, 2.45) is 5.73 Å². The highest BCUT2D eigenvalue weighted by atomic mass is 32.2. The number of allylic oxidation sites excluding steroid dienone is 1. The molecule has 2 aromatic rings. The van der Waals surface area contributed by atoms with E-state index in [-0.39, 0.29) is 0 Å². The van der Waals surface area contributed by atoms with Gasteiger partial charge in [0.1, 0.15) is 0 Å². The van der Waals surface area contributed by atoms with Crippen LogP contribution in [0.15, 0.2) is 42.6 Å². The minimum atomic E-state index is -2.16. The summed E-state index contributed by atoms with van der Waals surface area (Å²) in [7, 11) is 0. The molecule has 0 radical (unpaired) electrons. The molecule has 1 aliphatic rings. The largest absolute Gasteiger partial charge is 0.399 e. The van der Waals surface area contributed by atoms with Crippen molar-refractivity contribution in [2.45, 2.75) is 38.1 Å². The summed E-state index contributed by atoms with van der Waals surface area (Å²) in [6.45, 7) is 3.49. The van der Waals surface area contributed by atoms with Crippen molar-refractivity contribution in [2.75, 3.05) is 6.26 Å². The lowest BCUT2D eigenvalue weighted by Gasteiger charge is -2.08. The van der Waals surface area contributed by atoms with E-state index in [1.807, 2.05) is 0 Å². The smallest absolute Gasteiger partial charge is 0.200 e. The number of hydrogen-bond acceptors (Lipinski definition) is 3. The summed E-state index contributed by atoms with van der Waals surface area (Å²) in [5, 5.41) is 0. The van der Waals surface area contributed by atoms with Crippen molar-refractivity contribution in [3.05, 3.63) is 88.4 Å². The minimum Gasteiger partial charge on any atom is -0.399 e. The van der Waals surface area contributed by atoms with Crippen LogP contribution in [0.2, 0.25) is 0 Å². The first-order valence-electron chi connectivity index (χ1n) is 9.74. The molecular weight excluding hydrogens is 431 g/mol. The lowest BCUT2D eigenvalue weighted by Crippen LogP contribution is -2.17. The average molecular weight is 457 g/mol. The second-order valence-corrected chi connectivity index (χ2v) is 7.82. The van der Waals surface area contributed by atoms with Gasteiger partial charge in [-0.15, -0.1) is 0 Å². The van der Waals surface area contributed by atoms with Crippen molar-refractivity contribution in [3.8, 4) is 0 Å². The summed E-state index contributed by atoms with van der Waals surface area (Å²) in [5.74, 6) is -9.68. The average Bonchev–Trinajstić information content (AvgIpc) is 3.27. The first-order valence-corrected chi connectivity index (χ1v) is 11.0. The Morgan fingerprint density at radius 2 is 1.52 bits per heavy atom.